The fourth-order valence-electron chi connectivity index (χ4n) is 8.08. The van der Waals surface area contributed by atoms with Crippen LogP contribution in [0.3, 0.4) is 0 Å². The minimum absolute atomic E-state index is 0.0302. The van der Waals surface area contributed by atoms with Gasteiger partial charge in [0, 0.05) is 54.5 Å². The summed E-state index contributed by atoms with van der Waals surface area (Å²) < 4.78 is 88.1. The Balaban J connectivity index is 1.10. The number of rotatable bonds is 12. The van der Waals surface area contributed by atoms with Crippen molar-refractivity contribution in [3.63, 3.8) is 0 Å². The topological polar surface area (TPSA) is 168 Å². The number of carbonyl (C=O) groups is 5. The van der Waals surface area contributed by atoms with E-state index in [1.807, 2.05) is 20.8 Å². The van der Waals surface area contributed by atoms with Gasteiger partial charge in [-0.15, -0.1) is 5.06 Å². The summed E-state index contributed by atoms with van der Waals surface area (Å²) in [5, 5.41) is 14.4. The highest BCUT2D eigenvalue weighted by Gasteiger charge is 2.51. The van der Waals surface area contributed by atoms with Gasteiger partial charge in [-0.3, -0.25) is 39.2 Å². The van der Waals surface area contributed by atoms with E-state index in [-0.39, 0.29) is 70.3 Å². The molecule has 6 rings (SSSR count). The third-order valence-corrected chi connectivity index (χ3v) is 12.2. The predicted molar refractivity (Wildman–Crippen MR) is 237 cm³/mol. The number of nitriles is 1. The highest BCUT2D eigenvalue weighted by Crippen LogP contribution is 2.41. The van der Waals surface area contributed by atoms with E-state index < -0.39 is 71.2 Å². The number of amides is 4. The van der Waals surface area contributed by atoms with Crippen LogP contribution in [-0.2, 0) is 41.4 Å². The SMILES string of the molecule is CCc1cc(N2C(=S)N(c3ccc(C#N)c(C(F)(F)F)c3)C(=O)C2(C)C)ccc1OCCN1C[C@@H](C)N(CC(=O)N(OC(=O)C(F)(F)F)c2cc(Cl)cc(NC3CCC(=O)NC3=O)c2)C[C@H]1C. The molecule has 0 bridgehead atoms. The summed E-state index contributed by atoms with van der Waals surface area (Å²) in [4.78, 5) is 74.6. The Morgan fingerprint density at radius 1 is 0.985 bits per heavy atom. The van der Waals surface area contributed by atoms with Crippen LogP contribution < -0.4 is 30.2 Å². The zero-order valence-electron chi connectivity index (χ0n) is 36.7. The Bertz CT molecular complexity index is 2520. The third kappa shape index (κ3) is 11.1. The van der Waals surface area contributed by atoms with Crippen molar-refractivity contribution >= 4 is 81.3 Å². The predicted octanol–water partition coefficient (Wildman–Crippen LogP) is 6.75. The lowest BCUT2D eigenvalue weighted by atomic mass is 10.0. The number of halogens is 7. The smallest absolute Gasteiger partial charge is 0.492 e. The van der Waals surface area contributed by atoms with Crippen molar-refractivity contribution in [1.29, 1.82) is 5.26 Å². The lowest BCUT2D eigenvalue weighted by Crippen LogP contribution is -2.59. The maximum absolute atomic E-state index is 13.8. The summed E-state index contributed by atoms with van der Waals surface area (Å²) in [6, 6.07) is 11.9. The molecule has 3 saturated heterocycles. The number of benzene rings is 3. The number of hydroxylamine groups is 1. The molecule has 0 spiro atoms. The molecule has 1 unspecified atom stereocenters. The van der Waals surface area contributed by atoms with Gasteiger partial charge < -0.3 is 19.8 Å². The summed E-state index contributed by atoms with van der Waals surface area (Å²) in [7, 11) is 0. The van der Waals surface area contributed by atoms with Gasteiger partial charge >= 0.3 is 18.3 Å². The van der Waals surface area contributed by atoms with Crippen molar-refractivity contribution in [2.24, 2.45) is 0 Å². The van der Waals surface area contributed by atoms with E-state index >= 15 is 0 Å². The fourth-order valence-corrected chi connectivity index (χ4v) is 8.83. The molecule has 358 valence electrons. The van der Waals surface area contributed by atoms with Crippen LogP contribution in [-0.4, -0.2) is 107 Å². The quantitative estimate of drug-likeness (QED) is 0.0848. The largest absolute Gasteiger partial charge is 0.493 e. The number of ether oxygens (including phenoxy) is 1. The second-order valence-corrected chi connectivity index (χ2v) is 17.5. The molecule has 3 fully saturated rings. The summed E-state index contributed by atoms with van der Waals surface area (Å²) in [6.45, 7) is 9.68. The van der Waals surface area contributed by atoms with E-state index in [0.717, 1.165) is 28.7 Å². The number of anilines is 4. The van der Waals surface area contributed by atoms with Gasteiger partial charge in [-0.1, -0.05) is 18.5 Å². The van der Waals surface area contributed by atoms with Crippen LogP contribution >= 0.6 is 23.8 Å². The minimum Gasteiger partial charge on any atom is -0.492 e. The van der Waals surface area contributed by atoms with E-state index in [1.165, 1.54) is 24.3 Å². The molecule has 0 aromatic heterocycles. The zero-order chi connectivity index (χ0) is 49.3. The molecule has 3 atom stereocenters. The number of nitrogens with zero attached hydrogens (tertiary/aromatic N) is 6. The average molecular weight is 979 g/mol. The normalized spacial score (nSPS) is 20.4. The van der Waals surface area contributed by atoms with Gasteiger partial charge in [0.25, 0.3) is 11.8 Å². The first-order valence-corrected chi connectivity index (χ1v) is 21.7. The van der Waals surface area contributed by atoms with Gasteiger partial charge in [-0.2, -0.15) is 31.6 Å². The van der Waals surface area contributed by atoms with Crippen molar-refractivity contribution in [2.75, 3.05) is 53.0 Å². The highest BCUT2D eigenvalue weighted by atomic mass is 35.5. The van der Waals surface area contributed by atoms with E-state index in [9.17, 15) is 55.6 Å². The van der Waals surface area contributed by atoms with E-state index in [4.69, 9.17) is 28.6 Å². The number of imide groups is 1. The van der Waals surface area contributed by atoms with Crippen LogP contribution in [0.15, 0.2) is 54.6 Å². The first-order valence-electron chi connectivity index (χ1n) is 20.9. The molecule has 67 heavy (non-hydrogen) atoms. The van der Waals surface area contributed by atoms with Crippen molar-refractivity contribution in [2.45, 2.75) is 89.9 Å². The van der Waals surface area contributed by atoms with Crippen LogP contribution in [0.25, 0.3) is 0 Å². The summed E-state index contributed by atoms with van der Waals surface area (Å²) in [5.74, 6) is -4.80. The number of alkyl halides is 6. The summed E-state index contributed by atoms with van der Waals surface area (Å²) in [5.41, 5.74) is -2.20. The minimum atomic E-state index is -5.45. The molecular formula is C44H45ClF6N8O7S. The number of hydrogen-bond donors (Lipinski definition) is 2. The molecule has 3 aromatic rings. The van der Waals surface area contributed by atoms with Gasteiger partial charge in [0.15, 0.2) is 5.11 Å². The Labute approximate surface area is 391 Å². The second-order valence-electron chi connectivity index (χ2n) is 16.7. The van der Waals surface area contributed by atoms with E-state index in [0.29, 0.717) is 30.9 Å². The molecule has 3 aliphatic heterocycles. The van der Waals surface area contributed by atoms with Crippen molar-refractivity contribution in [3.05, 3.63) is 76.3 Å². The first kappa shape index (κ1) is 50.4. The molecule has 0 aliphatic carbocycles. The van der Waals surface area contributed by atoms with Crippen molar-refractivity contribution in [1.82, 2.24) is 15.1 Å². The van der Waals surface area contributed by atoms with Crippen LogP contribution in [0.2, 0.25) is 5.02 Å². The Morgan fingerprint density at radius 2 is 1.66 bits per heavy atom. The summed E-state index contributed by atoms with van der Waals surface area (Å²) >= 11 is 12.0. The molecule has 4 amide bonds. The van der Waals surface area contributed by atoms with Crippen LogP contribution in [0.4, 0.5) is 49.1 Å². The van der Waals surface area contributed by atoms with Gasteiger partial charge in [0.1, 0.15) is 23.9 Å². The second kappa shape index (κ2) is 19.7. The van der Waals surface area contributed by atoms with Gasteiger partial charge in [0.2, 0.25) is 11.8 Å². The maximum atomic E-state index is 13.8. The van der Waals surface area contributed by atoms with Gasteiger partial charge in [0.05, 0.1) is 35.1 Å². The molecule has 15 nitrogen and oxygen atoms in total. The monoisotopic (exact) mass is 978 g/mol. The number of piperazine rings is 1. The Hall–Kier alpha value is -6.02. The molecule has 3 heterocycles. The average Bonchev–Trinajstić information content (AvgIpc) is 3.42. The number of hydrogen-bond acceptors (Lipinski definition) is 12. The lowest BCUT2D eigenvalue weighted by Gasteiger charge is -2.44. The molecule has 3 aromatic carbocycles. The van der Waals surface area contributed by atoms with Gasteiger partial charge in [-0.05, 0) is 113 Å². The van der Waals surface area contributed by atoms with Gasteiger partial charge in [-0.25, -0.2) is 4.79 Å². The lowest BCUT2D eigenvalue weighted by molar-refractivity contribution is -0.201. The third-order valence-electron chi connectivity index (χ3n) is 11.6. The zero-order valence-corrected chi connectivity index (χ0v) is 38.3. The van der Waals surface area contributed by atoms with E-state index in [1.54, 1.807) is 41.8 Å². The molecule has 0 saturated carbocycles. The molecule has 0 radical (unpaired) electrons. The number of carbonyl (C=O) groups excluding carboxylic acids is 5. The Morgan fingerprint density at radius 3 is 2.30 bits per heavy atom. The first-order chi connectivity index (χ1) is 31.3. The molecule has 23 heteroatoms. The maximum Gasteiger partial charge on any atom is 0.493 e. The number of aryl methyl sites for hydroxylation is 1. The van der Waals surface area contributed by atoms with Crippen LogP contribution in [0.5, 0.6) is 5.75 Å². The molecule has 2 N–H and O–H groups in total. The van der Waals surface area contributed by atoms with Crippen LogP contribution in [0, 0.1) is 11.3 Å². The van der Waals surface area contributed by atoms with Crippen molar-refractivity contribution < 1.29 is 59.9 Å². The standard InChI is InChI=1S/C44H45ClF6N8O7S/c1-6-26-15-31(58-41(67)57(39(63)42(58,4)5)30-8-7-27(20-52)33(19-30)43(46,47)48)9-11-35(26)65-14-13-55-21-25(3)56(22-24(55)2)23-37(61)59(66-40(64)44(49,50)51)32-17-28(45)16-29(18-32)53-34-10-12-36(60)54-38(34)62/h7-9,11,15-19,24-25,34,53H,6,10,12-14,21-23H2,1-5H3,(H,54,60,62)/t24-,25-,34?/m1/s1. The Kier molecular flexibility index (Phi) is 14.8. The number of piperidine rings is 1. The van der Waals surface area contributed by atoms with Crippen LogP contribution in [0.1, 0.15) is 64.2 Å². The van der Waals surface area contributed by atoms with Crippen molar-refractivity contribution in [3.8, 4) is 11.8 Å². The van der Waals surface area contributed by atoms with E-state index in [2.05, 4.69) is 20.4 Å². The highest BCUT2D eigenvalue weighted by molar-refractivity contribution is 7.81. The molecule has 3 aliphatic rings. The fraction of sp³-hybridized carbons (Fsp3) is 0.432. The number of nitrogens with one attached hydrogen (secondary N) is 2. The summed E-state index contributed by atoms with van der Waals surface area (Å²) in [6.07, 6.45) is -9.66. The number of thiocarbonyl (C=S) groups is 1. The molecular weight excluding hydrogens is 934 g/mol.